The Labute approximate surface area is 122 Å². The van der Waals surface area contributed by atoms with Crippen LogP contribution in [-0.4, -0.2) is 19.5 Å². The van der Waals surface area contributed by atoms with Gasteiger partial charge in [-0.3, -0.25) is 0 Å². The number of aryl methyl sites for hydroxylation is 1. The Balaban J connectivity index is 1.67. The van der Waals surface area contributed by atoms with Gasteiger partial charge in [0, 0.05) is 24.8 Å². The molecule has 0 fully saturated rings. The van der Waals surface area contributed by atoms with Crippen LogP contribution in [0, 0.1) is 0 Å². The van der Waals surface area contributed by atoms with Gasteiger partial charge >= 0.3 is 0 Å². The summed E-state index contributed by atoms with van der Waals surface area (Å²) in [5.74, 6) is 1.76. The van der Waals surface area contributed by atoms with E-state index in [0.29, 0.717) is 5.95 Å². The van der Waals surface area contributed by atoms with Gasteiger partial charge in [0.25, 0.3) is 0 Å². The number of para-hydroxylation sites is 1. The highest BCUT2D eigenvalue weighted by molar-refractivity contribution is 5.59. The van der Waals surface area contributed by atoms with Crippen LogP contribution in [0.25, 0.3) is 11.4 Å². The highest BCUT2D eigenvalue weighted by atomic mass is 15.1. The number of rotatable bonds is 3. The van der Waals surface area contributed by atoms with E-state index in [4.69, 9.17) is 0 Å². The summed E-state index contributed by atoms with van der Waals surface area (Å²) >= 11 is 0. The van der Waals surface area contributed by atoms with E-state index in [1.807, 2.05) is 42.6 Å². The van der Waals surface area contributed by atoms with E-state index < -0.39 is 0 Å². The first kappa shape index (κ1) is 12.1. The molecule has 0 unspecified atom stereocenters. The summed E-state index contributed by atoms with van der Waals surface area (Å²) in [6.45, 7) is 1.02. The molecule has 0 bridgehead atoms. The van der Waals surface area contributed by atoms with Crippen molar-refractivity contribution < 1.29 is 0 Å². The summed E-state index contributed by atoms with van der Waals surface area (Å²) in [4.78, 5) is 13.4. The molecule has 0 atom stereocenters. The lowest BCUT2D eigenvalue weighted by molar-refractivity contribution is 0.754. The predicted octanol–water partition coefficient (Wildman–Crippen LogP) is 3.03. The van der Waals surface area contributed by atoms with E-state index in [-0.39, 0.29) is 0 Å². The van der Waals surface area contributed by atoms with E-state index >= 15 is 0 Å². The highest BCUT2D eigenvalue weighted by Gasteiger charge is 2.17. The van der Waals surface area contributed by atoms with Crippen LogP contribution in [0.4, 0.5) is 11.6 Å². The monoisotopic (exact) mass is 277 g/mol. The van der Waals surface area contributed by atoms with Crippen molar-refractivity contribution in [2.45, 2.75) is 19.4 Å². The van der Waals surface area contributed by atoms with Gasteiger partial charge in [-0.15, -0.1) is 0 Å². The van der Waals surface area contributed by atoms with Crippen molar-refractivity contribution in [1.82, 2.24) is 19.5 Å². The third-order valence-electron chi connectivity index (χ3n) is 3.67. The van der Waals surface area contributed by atoms with Crippen LogP contribution in [0.5, 0.6) is 0 Å². The largest absolute Gasteiger partial charge is 0.327 e. The minimum atomic E-state index is 0.604. The SMILES string of the molecule is c1ccc(Nc2nccc(-c3cnc4n3CCC4)n2)cc1. The van der Waals surface area contributed by atoms with E-state index in [1.54, 1.807) is 6.20 Å². The second kappa shape index (κ2) is 5.01. The van der Waals surface area contributed by atoms with Gasteiger partial charge in [0.15, 0.2) is 0 Å². The summed E-state index contributed by atoms with van der Waals surface area (Å²) in [5, 5.41) is 3.22. The van der Waals surface area contributed by atoms with Crippen LogP contribution >= 0.6 is 0 Å². The highest BCUT2D eigenvalue weighted by Crippen LogP contribution is 2.24. The molecule has 3 heterocycles. The summed E-state index contributed by atoms with van der Waals surface area (Å²) in [5.41, 5.74) is 2.96. The Hall–Kier alpha value is -2.69. The molecule has 1 N–H and O–H groups in total. The number of fused-ring (bicyclic) bond motifs is 1. The Morgan fingerprint density at radius 1 is 1.05 bits per heavy atom. The molecule has 1 aromatic carbocycles. The normalized spacial score (nSPS) is 13.1. The maximum Gasteiger partial charge on any atom is 0.227 e. The van der Waals surface area contributed by atoms with Crippen molar-refractivity contribution in [3.63, 3.8) is 0 Å². The Morgan fingerprint density at radius 3 is 2.86 bits per heavy atom. The number of nitrogens with zero attached hydrogens (tertiary/aromatic N) is 4. The Kier molecular flexibility index (Phi) is 2.88. The van der Waals surface area contributed by atoms with Crippen LogP contribution in [0.1, 0.15) is 12.2 Å². The first-order valence-electron chi connectivity index (χ1n) is 7.10. The fraction of sp³-hybridized carbons (Fsp3) is 0.188. The summed E-state index contributed by atoms with van der Waals surface area (Å²) in [6.07, 6.45) is 5.90. The zero-order valence-electron chi connectivity index (χ0n) is 11.5. The van der Waals surface area contributed by atoms with Crippen LogP contribution in [0.2, 0.25) is 0 Å². The van der Waals surface area contributed by atoms with Crippen molar-refractivity contribution >= 4 is 11.6 Å². The number of hydrogen-bond donors (Lipinski definition) is 1. The average Bonchev–Trinajstić information content (AvgIpc) is 3.11. The quantitative estimate of drug-likeness (QED) is 0.799. The van der Waals surface area contributed by atoms with Crippen molar-refractivity contribution in [2.24, 2.45) is 0 Å². The minimum Gasteiger partial charge on any atom is -0.327 e. The summed E-state index contributed by atoms with van der Waals surface area (Å²) < 4.78 is 2.24. The number of benzene rings is 1. The fourth-order valence-corrected chi connectivity index (χ4v) is 2.67. The first-order chi connectivity index (χ1) is 10.4. The zero-order chi connectivity index (χ0) is 14.1. The summed E-state index contributed by atoms with van der Waals surface area (Å²) in [6, 6.07) is 11.9. The third kappa shape index (κ3) is 2.27. The topological polar surface area (TPSA) is 55.6 Å². The Morgan fingerprint density at radius 2 is 1.95 bits per heavy atom. The average molecular weight is 277 g/mol. The van der Waals surface area contributed by atoms with Crippen LogP contribution in [0.3, 0.4) is 0 Å². The first-order valence-corrected chi connectivity index (χ1v) is 7.10. The molecule has 5 nitrogen and oxygen atoms in total. The van der Waals surface area contributed by atoms with Gasteiger partial charge in [-0.1, -0.05) is 18.2 Å². The molecule has 104 valence electrons. The van der Waals surface area contributed by atoms with Gasteiger partial charge in [-0.05, 0) is 24.6 Å². The standard InChI is InChI=1S/C16H15N5/c1-2-5-12(6-3-1)19-16-17-9-8-13(20-16)14-11-18-15-7-4-10-21(14)15/h1-3,5-6,8-9,11H,4,7,10H2,(H,17,19,20). The van der Waals surface area contributed by atoms with Crippen molar-refractivity contribution in [3.05, 3.63) is 54.6 Å². The molecule has 1 aliphatic rings. The maximum absolute atomic E-state index is 4.60. The molecule has 0 radical (unpaired) electrons. The molecule has 3 aromatic rings. The number of aromatic nitrogens is 4. The van der Waals surface area contributed by atoms with Crippen molar-refractivity contribution in [1.29, 1.82) is 0 Å². The van der Waals surface area contributed by atoms with Crippen molar-refractivity contribution in [3.8, 4) is 11.4 Å². The predicted molar refractivity (Wildman–Crippen MR) is 81.3 cm³/mol. The number of imidazole rings is 1. The third-order valence-corrected chi connectivity index (χ3v) is 3.67. The molecule has 0 saturated carbocycles. The molecule has 21 heavy (non-hydrogen) atoms. The Bertz CT molecular complexity index is 763. The van der Waals surface area contributed by atoms with Gasteiger partial charge in [0.2, 0.25) is 5.95 Å². The molecule has 1 aliphatic heterocycles. The molecule has 0 spiro atoms. The lowest BCUT2D eigenvalue weighted by atomic mass is 10.3. The molecule has 2 aromatic heterocycles. The second-order valence-corrected chi connectivity index (χ2v) is 5.07. The molecule has 0 amide bonds. The van der Waals surface area contributed by atoms with E-state index in [0.717, 1.165) is 42.3 Å². The molecular weight excluding hydrogens is 262 g/mol. The zero-order valence-corrected chi connectivity index (χ0v) is 11.5. The van der Waals surface area contributed by atoms with Gasteiger partial charge in [0.1, 0.15) is 5.82 Å². The van der Waals surface area contributed by atoms with Gasteiger partial charge < -0.3 is 9.88 Å². The maximum atomic E-state index is 4.60. The van der Waals surface area contributed by atoms with E-state index in [1.165, 1.54) is 0 Å². The minimum absolute atomic E-state index is 0.604. The number of anilines is 2. The second-order valence-electron chi connectivity index (χ2n) is 5.07. The van der Waals surface area contributed by atoms with Crippen molar-refractivity contribution in [2.75, 3.05) is 5.32 Å². The van der Waals surface area contributed by atoms with Gasteiger partial charge in [-0.25, -0.2) is 15.0 Å². The van der Waals surface area contributed by atoms with Crippen LogP contribution < -0.4 is 5.32 Å². The molecule has 0 saturated heterocycles. The van der Waals surface area contributed by atoms with Gasteiger partial charge in [0.05, 0.1) is 17.6 Å². The van der Waals surface area contributed by atoms with Gasteiger partial charge in [-0.2, -0.15) is 0 Å². The molecular formula is C16H15N5. The molecule has 4 rings (SSSR count). The van der Waals surface area contributed by atoms with E-state index in [2.05, 4.69) is 24.8 Å². The number of nitrogens with one attached hydrogen (secondary N) is 1. The number of hydrogen-bond acceptors (Lipinski definition) is 4. The lowest BCUT2D eigenvalue weighted by Crippen LogP contribution is -2.00. The molecule has 0 aliphatic carbocycles. The fourth-order valence-electron chi connectivity index (χ4n) is 2.67. The lowest BCUT2D eigenvalue weighted by Gasteiger charge is -2.07. The van der Waals surface area contributed by atoms with Crippen LogP contribution in [-0.2, 0) is 13.0 Å². The summed E-state index contributed by atoms with van der Waals surface area (Å²) in [7, 11) is 0. The van der Waals surface area contributed by atoms with Crippen LogP contribution in [0.15, 0.2) is 48.8 Å². The molecule has 5 heteroatoms. The smallest absolute Gasteiger partial charge is 0.227 e. The van der Waals surface area contributed by atoms with E-state index in [9.17, 15) is 0 Å².